The molecule has 0 fully saturated rings. The number of hydrogen-bond acceptors (Lipinski definition) is 6. The van der Waals surface area contributed by atoms with Crippen LogP contribution in [0.1, 0.15) is 21.6 Å². The number of nitrogens with zero attached hydrogens (tertiary/aromatic N) is 1. The maximum Gasteiger partial charge on any atom is 0.311 e. The van der Waals surface area contributed by atoms with Gasteiger partial charge in [-0.1, -0.05) is 0 Å². The van der Waals surface area contributed by atoms with E-state index in [4.69, 9.17) is 0 Å². The number of aromatic nitrogens is 1. The summed E-state index contributed by atoms with van der Waals surface area (Å²) in [5, 5.41) is 8.65. The maximum absolute atomic E-state index is 12.0. The minimum absolute atomic E-state index is 0.111. The molecule has 0 aromatic carbocycles. The molecule has 2 aromatic rings. The smallest absolute Gasteiger partial charge is 0.311 e. The first-order valence-electron chi connectivity index (χ1n) is 5.45. The fourth-order valence-corrected chi connectivity index (χ4v) is 2.96. The van der Waals surface area contributed by atoms with Crippen molar-refractivity contribution in [2.75, 3.05) is 12.4 Å². The van der Waals surface area contributed by atoms with Gasteiger partial charge in [0, 0.05) is 10.8 Å². The van der Waals surface area contributed by atoms with Crippen molar-refractivity contribution in [2.24, 2.45) is 0 Å². The van der Waals surface area contributed by atoms with E-state index in [-0.39, 0.29) is 18.3 Å². The van der Waals surface area contributed by atoms with Crippen molar-refractivity contribution in [3.63, 3.8) is 0 Å². The number of ether oxygens (including phenoxy) is 1. The number of carbonyl (C=O) groups is 2. The van der Waals surface area contributed by atoms with Gasteiger partial charge in [-0.05, 0) is 17.9 Å². The first-order chi connectivity index (χ1) is 9.10. The van der Waals surface area contributed by atoms with Gasteiger partial charge in [0.1, 0.15) is 0 Å². The quantitative estimate of drug-likeness (QED) is 0.880. The summed E-state index contributed by atoms with van der Waals surface area (Å²) in [5.41, 5.74) is 2.18. The topological polar surface area (TPSA) is 68.3 Å². The lowest BCUT2D eigenvalue weighted by molar-refractivity contribution is -0.139. The zero-order valence-electron chi connectivity index (χ0n) is 10.4. The van der Waals surface area contributed by atoms with E-state index in [9.17, 15) is 9.59 Å². The largest absolute Gasteiger partial charge is 0.469 e. The van der Waals surface area contributed by atoms with Crippen LogP contribution < -0.4 is 5.32 Å². The predicted octanol–water partition coefficient (Wildman–Crippen LogP) is 2.48. The van der Waals surface area contributed by atoms with Crippen LogP contribution >= 0.6 is 22.7 Å². The number of amides is 1. The van der Waals surface area contributed by atoms with Crippen molar-refractivity contribution >= 4 is 39.7 Å². The lowest BCUT2D eigenvalue weighted by Gasteiger charge is -2.00. The van der Waals surface area contributed by atoms with Gasteiger partial charge in [0.25, 0.3) is 5.91 Å². The molecule has 0 bridgehead atoms. The molecule has 0 atom stereocenters. The zero-order valence-corrected chi connectivity index (χ0v) is 12.1. The molecule has 0 spiro atoms. The molecule has 0 aliphatic carbocycles. The van der Waals surface area contributed by atoms with Crippen molar-refractivity contribution in [3.8, 4) is 0 Å². The van der Waals surface area contributed by atoms with Gasteiger partial charge in [-0.25, -0.2) is 4.98 Å². The van der Waals surface area contributed by atoms with Gasteiger partial charge >= 0.3 is 5.97 Å². The van der Waals surface area contributed by atoms with Gasteiger partial charge in [0.05, 0.1) is 24.8 Å². The van der Waals surface area contributed by atoms with E-state index in [0.717, 1.165) is 5.56 Å². The monoisotopic (exact) mass is 296 g/mol. The number of rotatable bonds is 4. The Balaban J connectivity index is 2.02. The van der Waals surface area contributed by atoms with Crippen LogP contribution in [0.2, 0.25) is 0 Å². The van der Waals surface area contributed by atoms with Crippen LogP contribution in [-0.4, -0.2) is 24.0 Å². The van der Waals surface area contributed by atoms with Gasteiger partial charge in [0.15, 0.2) is 5.13 Å². The Morgan fingerprint density at radius 3 is 2.79 bits per heavy atom. The lowest BCUT2D eigenvalue weighted by atomic mass is 10.2. The Kier molecular flexibility index (Phi) is 4.28. The van der Waals surface area contributed by atoms with Gasteiger partial charge in [-0.2, -0.15) is 11.3 Å². The fourth-order valence-electron chi connectivity index (χ4n) is 1.42. The standard InChI is InChI=1S/C12H12N2O3S2/c1-7-4-18-6-9(7)11(16)14-12-13-8(5-19-12)3-10(15)17-2/h4-6H,3H2,1-2H3,(H,13,14,16). The number of anilines is 1. The molecule has 2 aromatic heterocycles. The Hall–Kier alpha value is -1.73. The van der Waals surface area contributed by atoms with Crippen LogP contribution in [-0.2, 0) is 16.0 Å². The third-order valence-corrected chi connectivity index (χ3v) is 4.09. The molecule has 0 unspecified atom stereocenters. The van der Waals surface area contributed by atoms with Crippen molar-refractivity contribution in [1.29, 1.82) is 0 Å². The number of aryl methyl sites for hydroxylation is 1. The summed E-state index contributed by atoms with van der Waals surface area (Å²) in [6.45, 7) is 1.88. The van der Waals surface area contributed by atoms with Gasteiger partial charge < -0.3 is 4.74 Å². The summed E-state index contributed by atoms with van der Waals surface area (Å²) in [6, 6.07) is 0. The molecule has 19 heavy (non-hydrogen) atoms. The molecule has 0 radical (unpaired) electrons. The summed E-state index contributed by atoms with van der Waals surface area (Å²) in [4.78, 5) is 27.2. The number of esters is 1. The van der Waals surface area contributed by atoms with Crippen molar-refractivity contribution in [2.45, 2.75) is 13.3 Å². The molecule has 0 saturated heterocycles. The SMILES string of the molecule is COC(=O)Cc1csc(NC(=O)c2cscc2C)n1. The molecule has 100 valence electrons. The minimum Gasteiger partial charge on any atom is -0.469 e. The van der Waals surface area contributed by atoms with E-state index in [2.05, 4.69) is 15.0 Å². The van der Waals surface area contributed by atoms with Gasteiger partial charge in [-0.3, -0.25) is 14.9 Å². The minimum atomic E-state index is -0.350. The first-order valence-corrected chi connectivity index (χ1v) is 7.27. The lowest BCUT2D eigenvalue weighted by Crippen LogP contribution is -2.12. The summed E-state index contributed by atoms with van der Waals surface area (Å²) < 4.78 is 4.56. The number of methoxy groups -OCH3 is 1. The van der Waals surface area contributed by atoms with E-state index in [0.29, 0.717) is 16.4 Å². The molecule has 1 amide bonds. The molecule has 2 rings (SSSR count). The number of nitrogens with one attached hydrogen (secondary N) is 1. The van der Waals surface area contributed by atoms with Gasteiger partial charge in [-0.15, -0.1) is 11.3 Å². The second-order valence-corrected chi connectivity index (χ2v) is 5.42. The van der Waals surface area contributed by atoms with E-state index in [1.54, 1.807) is 10.8 Å². The molecule has 1 N–H and O–H groups in total. The summed E-state index contributed by atoms with van der Waals surface area (Å²) in [6.07, 6.45) is 0.111. The molecule has 0 aliphatic rings. The average molecular weight is 296 g/mol. The van der Waals surface area contributed by atoms with Crippen molar-refractivity contribution < 1.29 is 14.3 Å². The highest BCUT2D eigenvalue weighted by molar-refractivity contribution is 7.14. The van der Waals surface area contributed by atoms with E-state index >= 15 is 0 Å². The van der Waals surface area contributed by atoms with Crippen molar-refractivity contribution in [3.05, 3.63) is 33.0 Å². The van der Waals surface area contributed by atoms with Crippen LogP contribution in [0.5, 0.6) is 0 Å². The van der Waals surface area contributed by atoms with Crippen LogP contribution in [0, 0.1) is 6.92 Å². The molecule has 0 aliphatic heterocycles. The summed E-state index contributed by atoms with van der Waals surface area (Å²) in [7, 11) is 1.33. The highest BCUT2D eigenvalue weighted by Crippen LogP contribution is 2.19. The number of carbonyl (C=O) groups excluding carboxylic acids is 2. The average Bonchev–Trinajstić information content (AvgIpc) is 2.98. The predicted molar refractivity (Wildman–Crippen MR) is 74.8 cm³/mol. The zero-order chi connectivity index (χ0) is 13.8. The Morgan fingerprint density at radius 1 is 1.37 bits per heavy atom. The number of hydrogen-bond donors (Lipinski definition) is 1. The molecule has 0 saturated carbocycles. The van der Waals surface area contributed by atoms with Crippen LogP contribution in [0.15, 0.2) is 16.1 Å². The molecule has 5 nitrogen and oxygen atoms in total. The third kappa shape index (κ3) is 3.39. The Morgan fingerprint density at radius 2 is 2.16 bits per heavy atom. The molecule has 7 heteroatoms. The number of thiophene rings is 1. The number of thiazole rings is 1. The van der Waals surface area contributed by atoms with E-state index in [1.807, 2.05) is 12.3 Å². The first kappa shape index (κ1) is 13.7. The highest BCUT2D eigenvalue weighted by Gasteiger charge is 2.13. The second-order valence-electron chi connectivity index (χ2n) is 3.82. The van der Waals surface area contributed by atoms with E-state index in [1.165, 1.54) is 29.8 Å². The second kappa shape index (κ2) is 5.94. The van der Waals surface area contributed by atoms with Crippen molar-refractivity contribution in [1.82, 2.24) is 4.98 Å². The van der Waals surface area contributed by atoms with Crippen LogP contribution in [0.3, 0.4) is 0 Å². The summed E-state index contributed by atoms with van der Waals surface area (Å²) in [5.74, 6) is -0.533. The molecular formula is C12H12N2O3S2. The van der Waals surface area contributed by atoms with Crippen LogP contribution in [0.25, 0.3) is 0 Å². The fraction of sp³-hybridized carbons (Fsp3) is 0.250. The Labute approximate surface area is 118 Å². The maximum atomic E-state index is 12.0. The third-order valence-electron chi connectivity index (χ3n) is 2.43. The Bertz CT molecular complexity index is 604. The normalized spacial score (nSPS) is 10.2. The highest BCUT2D eigenvalue weighted by atomic mass is 32.1. The molecule has 2 heterocycles. The van der Waals surface area contributed by atoms with Crippen LogP contribution in [0.4, 0.5) is 5.13 Å². The van der Waals surface area contributed by atoms with E-state index < -0.39 is 0 Å². The summed E-state index contributed by atoms with van der Waals surface area (Å²) >= 11 is 2.77. The van der Waals surface area contributed by atoms with Gasteiger partial charge in [0.2, 0.25) is 0 Å². The molecular weight excluding hydrogens is 284 g/mol.